The molecule has 0 aliphatic carbocycles. The molecule has 0 saturated heterocycles. The summed E-state index contributed by atoms with van der Waals surface area (Å²) in [5, 5.41) is 6.47. The number of rotatable bonds is 5. The lowest BCUT2D eigenvalue weighted by atomic mass is 10.2. The number of benzene rings is 2. The Morgan fingerprint density at radius 3 is 2.58 bits per heavy atom. The van der Waals surface area contributed by atoms with Crippen LogP contribution in [-0.4, -0.2) is 23.0 Å². The summed E-state index contributed by atoms with van der Waals surface area (Å²) in [6.07, 6.45) is 0. The first-order valence-corrected chi connectivity index (χ1v) is 8.25. The number of carbonyl (C=O) groups excluding carboxylic acids is 1. The van der Waals surface area contributed by atoms with Crippen molar-refractivity contribution in [1.82, 2.24) is 9.97 Å². The van der Waals surface area contributed by atoms with Crippen molar-refractivity contribution in [2.45, 2.75) is 6.92 Å². The minimum absolute atomic E-state index is 0.253. The molecule has 0 saturated carbocycles. The van der Waals surface area contributed by atoms with Crippen LogP contribution < -0.4 is 15.4 Å². The van der Waals surface area contributed by atoms with Crippen LogP contribution in [0.2, 0.25) is 5.02 Å². The summed E-state index contributed by atoms with van der Waals surface area (Å²) in [5.41, 5.74) is 1.65. The fourth-order valence-electron chi connectivity index (χ4n) is 2.36. The van der Waals surface area contributed by atoms with E-state index >= 15 is 0 Å². The first kappa shape index (κ1) is 17.7. The average Bonchev–Trinajstić information content (AvgIpc) is 2.61. The number of carbonyl (C=O) groups is 1. The van der Waals surface area contributed by atoms with Gasteiger partial charge >= 0.3 is 0 Å². The van der Waals surface area contributed by atoms with E-state index in [9.17, 15) is 4.79 Å². The van der Waals surface area contributed by atoms with Gasteiger partial charge in [-0.3, -0.25) is 4.79 Å². The summed E-state index contributed by atoms with van der Waals surface area (Å²) in [6, 6.07) is 15.9. The summed E-state index contributed by atoms with van der Waals surface area (Å²) >= 11 is 5.94. The molecule has 1 heterocycles. The number of halogens is 1. The van der Waals surface area contributed by atoms with Crippen molar-refractivity contribution in [3.63, 3.8) is 0 Å². The van der Waals surface area contributed by atoms with Crippen molar-refractivity contribution in [1.29, 1.82) is 0 Å². The van der Waals surface area contributed by atoms with Gasteiger partial charge < -0.3 is 15.4 Å². The first-order chi connectivity index (χ1) is 12.5. The van der Waals surface area contributed by atoms with Crippen molar-refractivity contribution >= 4 is 34.7 Å². The van der Waals surface area contributed by atoms with Crippen LogP contribution in [0.25, 0.3) is 0 Å². The number of aryl methyl sites for hydroxylation is 1. The Kier molecular flexibility index (Phi) is 5.34. The highest BCUT2D eigenvalue weighted by Gasteiger charge is 2.11. The van der Waals surface area contributed by atoms with Gasteiger partial charge in [-0.05, 0) is 37.3 Å². The van der Waals surface area contributed by atoms with Crippen molar-refractivity contribution in [2.24, 2.45) is 0 Å². The molecular formula is C19H17ClN4O2. The van der Waals surface area contributed by atoms with E-state index < -0.39 is 0 Å². The summed E-state index contributed by atoms with van der Waals surface area (Å²) in [6.45, 7) is 1.73. The summed E-state index contributed by atoms with van der Waals surface area (Å²) in [4.78, 5) is 21.0. The average molecular weight is 369 g/mol. The molecule has 0 unspecified atom stereocenters. The van der Waals surface area contributed by atoms with E-state index in [1.165, 1.54) is 0 Å². The van der Waals surface area contributed by atoms with Crippen LogP contribution in [0, 0.1) is 6.92 Å². The van der Waals surface area contributed by atoms with Gasteiger partial charge in [0.05, 0.1) is 7.11 Å². The van der Waals surface area contributed by atoms with Crippen molar-refractivity contribution in [3.05, 3.63) is 71.1 Å². The van der Waals surface area contributed by atoms with Crippen LogP contribution in [0.4, 0.5) is 17.2 Å². The smallest absolute Gasteiger partial charge is 0.274 e. The molecule has 0 fully saturated rings. The third-order valence-corrected chi connectivity index (χ3v) is 3.73. The second kappa shape index (κ2) is 7.84. The number of hydrogen-bond acceptors (Lipinski definition) is 5. The third kappa shape index (κ3) is 4.49. The SMILES string of the molecule is COc1cccc(Nc2cc(C(=O)Nc3cccc(Cl)c3)nc(C)n2)c1. The zero-order valence-corrected chi connectivity index (χ0v) is 15.0. The molecule has 132 valence electrons. The number of nitrogens with zero attached hydrogens (tertiary/aromatic N) is 2. The Balaban J connectivity index is 1.81. The highest BCUT2D eigenvalue weighted by molar-refractivity contribution is 6.30. The Labute approximate surface area is 156 Å². The molecule has 3 rings (SSSR count). The van der Waals surface area contributed by atoms with Gasteiger partial charge in [-0.1, -0.05) is 23.7 Å². The maximum Gasteiger partial charge on any atom is 0.274 e. The zero-order valence-electron chi connectivity index (χ0n) is 14.3. The van der Waals surface area contributed by atoms with Crippen molar-refractivity contribution in [3.8, 4) is 5.75 Å². The summed E-state index contributed by atoms with van der Waals surface area (Å²) < 4.78 is 5.21. The Hall–Kier alpha value is -3.12. The number of hydrogen-bond donors (Lipinski definition) is 2. The molecular weight excluding hydrogens is 352 g/mol. The molecule has 0 spiro atoms. The fourth-order valence-corrected chi connectivity index (χ4v) is 2.55. The Morgan fingerprint density at radius 2 is 1.81 bits per heavy atom. The molecule has 2 N–H and O–H groups in total. The number of ether oxygens (including phenoxy) is 1. The highest BCUT2D eigenvalue weighted by Crippen LogP contribution is 2.21. The van der Waals surface area contributed by atoms with E-state index in [0.717, 1.165) is 11.4 Å². The quantitative estimate of drug-likeness (QED) is 0.696. The lowest BCUT2D eigenvalue weighted by Gasteiger charge is -2.10. The van der Waals surface area contributed by atoms with Gasteiger partial charge in [-0.2, -0.15) is 0 Å². The lowest BCUT2D eigenvalue weighted by Crippen LogP contribution is -2.15. The largest absolute Gasteiger partial charge is 0.497 e. The van der Waals surface area contributed by atoms with Crippen molar-refractivity contribution < 1.29 is 9.53 Å². The Bertz CT molecular complexity index is 946. The van der Waals surface area contributed by atoms with Crippen LogP contribution in [0.5, 0.6) is 5.75 Å². The predicted octanol–water partition coefficient (Wildman–Crippen LogP) is 4.44. The number of methoxy groups -OCH3 is 1. The van der Waals surface area contributed by atoms with Crippen LogP contribution in [0.3, 0.4) is 0 Å². The van der Waals surface area contributed by atoms with E-state index in [0.29, 0.717) is 22.4 Å². The van der Waals surface area contributed by atoms with E-state index in [1.54, 1.807) is 44.4 Å². The van der Waals surface area contributed by atoms with Gasteiger partial charge in [0.1, 0.15) is 23.1 Å². The van der Waals surface area contributed by atoms with E-state index in [1.807, 2.05) is 24.3 Å². The maximum atomic E-state index is 12.5. The summed E-state index contributed by atoms with van der Waals surface area (Å²) in [5.74, 6) is 1.38. The van der Waals surface area contributed by atoms with Crippen molar-refractivity contribution in [2.75, 3.05) is 17.7 Å². The minimum Gasteiger partial charge on any atom is -0.497 e. The van der Waals surface area contributed by atoms with Gasteiger partial charge in [-0.25, -0.2) is 9.97 Å². The molecule has 3 aromatic rings. The molecule has 0 bridgehead atoms. The fraction of sp³-hybridized carbons (Fsp3) is 0.105. The van der Waals surface area contributed by atoms with Gasteiger partial charge in [0.2, 0.25) is 0 Å². The van der Waals surface area contributed by atoms with Crippen LogP contribution in [-0.2, 0) is 0 Å². The highest BCUT2D eigenvalue weighted by atomic mass is 35.5. The molecule has 0 aliphatic rings. The molecule has 0 aliphatic heterocycles. The predicted molar refractivity (Wildman–Crippen MR) is 102 cm³/mol. The number of aromatic nitrogens is 2. The summed E-state index contributed by atoms with van der Waals surface area (Å²) in [7, 11) is 1.60. The number of nitrogens with one attached hydrogen (secondary N) is 2. The maximum absolute atomic E-state index is 12.5. The zero-order chi connectivity index (χ0) is 18.5. The number of amides is 1. The van der Waals surface area contributed by atoms with Gasteiger partial charge in [0.15, 0.2) is 0 Å². The second-order valence-corrected chi connectivity index (χ2v) is 5.94. The third-order valence-electron chi connectivity index (χ3n) is 3.50. The first-order valence-electron chi connectivity index (χ1n) is 7.87. The van der Waals surface area contributed by atoms with E-state index in [2.05, 4.69) is 20.6 Å². The molecule has 6 nitrogen and oxygen atoms in total. The van der Waals surface area contributed by atoms with E-state index in [4.69, 9.17) is 16.3 Å². The molecule has 0 radical (unpaired) electrons. The van der Waals surface area contributed by atoms with E-state index in [-0.39, 0.29) is 11.6 Å². The molecule has 1 amide bonds. The monoisotopic (exact) mass is 368 g/mol. The van der Waals surface area contributed by atoms with Crippen LogP contribution in [0.15, 0.2) is 54.6 Å². The van der Waals surface area contributed by atoms with Crippen LogP contribution >= 0.6 is 11.6 Å². The minimum atomic E-state index is -0.341. The second-order valence-electron chi connectivity index (χ2n) is 5.51. The van der Waals surface area contributed by atoms with Gasteiger partial charge in [-0.15, -0.1) is 0 Å². The Morgan fingerprint density at radius 1 is 1.04 bits per heavy atom. The molecule has 26 heavy (non-hydrogen) atoms. The lowest BCUT2D eigenvalue weighted by molar-refractivity contribution is 0.102. The molecule has 1 aromatic heterocycles. The normalized spacial score (nSPS) is 10.3. The van der Waals surface area contributed by atoms with Gasteiger partial charge in [0.25, 0.3) is 5.91 Å². The molecule has 2 aromatic carbocycles. The van der Waals surface area contributed by atoms with Gasteiger partial charge in [0, 0.05) is 28.5 Å². The molecule has 7 heteroatoms. The molecule has 0 atom stereocenters. The standard InChI is InChI=1S/C19H17ClN4O2/c1-12-21-17(19(25)24-14-6-3-5-13(20)9-14)11-18(22-12)23-15-7-4-8-16(10-15)26-2/h3-11H,1-2H3,(H,24,25)(H,21,22,23). The topological polar surface area (TPSA) is 76.1 Å². The van der Waals surface area contributed by atoms with Crippen LogP contribution in [0.1, 0.15) is 16.3 Å². The number of anilines is 3.